The van der Waals surface area contributed by atoms with E-state index in [4.69, 9.17) is 0 Å². The van der Waals surface area contributed by atoms with Crippen molar-refractivity contribution in [2.45, 2.75) is 39.3 Å². The van der Waals surface area contributed by atoms with E-state index in [9.17, 15) is 13.2 Å². The molecule has 3 rings (SSSR count). The quantitative estimate of drug-likeness (QED) is 0.811. The van der Waals surface area contributed by atoms with Gasteiger partial charge in [-0.15, -0.1) is 15.3 Å². The molecule has 3 heterocycles. The van der Waals surface area contributed by atoms with Crippen LogP contribution in [0.25, 0.3) is 5.65 Å². The third-order valence-corrected chi connectivity index (χ3v) is 4.17. The van der Waals surface area contributed by atoms with E-state index in [1.807, 2.05) is 4.90 Å². The molecule has 5 nitrogen and oxygen atoms in total. The van der Waals surface area contributed by atoms with Crippen molar-refractivity contribution in [1.29, 1.82) is 0 Å². The summed E-state index contributed by atoms with van der Waals surface area (Å²) in [6, 6.07) is 3.24. The van der Waals surface area contributed by atoms with Crippen LogP contribution in [0.15, 0.2) is 12.1 Å². The molecule has 0 radical (unpaired) electrons. The fourth-order valence-electron chi connectivity index (χ4n) is 2.78. The Hall–Kier alpha value is -1.86. The molecular formula is C14H18F3N5. The lowest BCUT2D eigenvalue weighted by Crippen LogP contribution is -2.27. The third-order valence-electron chi connectivity index (χ3n) is 4.17. The van der Waals surface area contributed by atoms with Crippen molar-refractivity contribution in [1.82, 2.24) is 19.8 Å². The first-order valence-corrected chi connectivity index (χ1v) is 7.31. The molecule has 1 aliphatic heterocycles. The number of aromatic nitrogens is 4. The zero-order chi connectivity index (χ0) is 16.0. The van der Waals surface area contributed by atoms with Crippen LogP contribution in [-0.2, 0) is 6.18 Å². The average molecular weight is 313 g/mol. The van der Waals surface area contributed by atoms with Gasteiger partial charge in [-0.3, -0.25) is 0 Å². The Morgan fingerprint density at radius 2 is 1.86 bits per heavy atom. The van der Waals surface area contributed by atoms with Crippen molar-refractivity contribution < 1.29 is 13.2 Å². The van der Waals surface area contributed by atoms with Crippen LogP contribution in [0.2, 0.25) is 0 Å². The summed E-state index contributed by atoms with van der Waals surface area (Å²) < 4.78 is 39.5. The molecule has 0 amide bonds. The fourth-order valence-corrected chi connectivity index (χ4v) is 2.78. The van der Waals surface area contributed by atoms with Crippen molar-refractivity contribution in [2.24, 2.45) is 5.41 Å². The number of hydrogen-bond donors (Lipinski definition) is 0. The second-order valence-electron chi connectivity index (χ2n) is 6.49. The number of fused-ring (bicyclic) bond motifs is 1. The normalized spacial score (nSPS) is 19.4. The van der Waals surface area contributed by atoms with Gasteiger partial charge < -0.3 is 4.90 Å². The first kappa shape index (κ1) is 15.1. The monoisotopic (exact) mass is 313 g/mol. The topological polar surface area (TPSA) is 46.3 Å². The van der Waals surface area contributed by atoms with Crippen molar-refractivity contribution in [2.75, 3.05) is 18.0 Å². The summed E-state index contributed by atoms with van der Waals surface area (Å²) in [5.74, 6) is -0.546. The van der Waals surface area contributed by atoms with Crippen LogP contribution >= 0.6 is 0 Å². The highest BCUT2D eigenvalue weighted by molar-refractivity contribution is 5.46. The first-order chi connectivity index (χ1) is 10.3. The highest BCUT2D eigenvalue weighted by Crippen LogP contribution is 2.32. The molecule has 0 unspecified atom stereocenters. The molecule has 22 heavy (non-hydrogen) atoms. The summed E-state index contributed by atoms with van der Waals surface area (Å²) in [5.41, 5.74) is 0.359. The highest BCUT2D eigenvalue weighted by atomic mass is 19.4. The molecule has 1 saturated heterocycles. The lowest BCUT2D eigenvalue weighted by atomic mass is 9.85. The largest absolute Gasteiger partial charge is 0.453 e. The second-order valence-corrected chi connectivity index (χ2v) is 6.49. The summed E-state index contributed by atoms with van der Waals surface area (Å²) in [5, 5.41) is 10.8. The Kier molecular flexibility index (Phi) is 3.49. The molecule has 0 aliphatic carbocycles. The van der Waals surface area contributed by atoms with Crippen LogP contribution in [0.1, 0.15) is 38.9 Å². The van der Waals surface area contributed by atoms with Crippen molar-refractivity contribution >= 4 is 11.5 Å². The molecule has 0 bridgehead atoms. The molecule has 2 aromatic heterocycles. The van der Waals surface area contributed by atoms with Gasteiger partial charge in [0.15, 0.2) is 5.65 Å². The molecule has 0 spiro atoms. The molecule has 1 fully saturated rings. The molecular weight excluding hydrogens is 295 g/mol. The Bertz CT molecular complexity index is 677. The van der Waals surface area contributed by atoms with Gasteiger partial charge in [-0.1, -0.05) is 13.8 Å². The predicted octanol–water partition coefficient (Wildman–Crippen LogP) is 3.16. The first-order valence-electron chi connectivity index (χ1n) is 7.31. The van der Waals surface area contributed by atoms with Gasteiger partial charge >= 0.3 is 6.18 Å². The summed E-state index contributed by atoms with van der Waals surface area (Å²) in [7, 11) is 0. The van der Waals surface area contributed by atoms with Crippen LogP contribution in [0, 0.1) is 5.41 Å². The minimum atomic E-state index is -4.56. The molecule has 8 heteroatoms. The Morgan fingerprint density at radius 3 is 2.59 bits per heavy atom. The number of rotatable bonds is 1. The molecule has 0 atom stereocenters. The van der Waals surface area contributed by atoms with Crippen LogP contribution in [0.5, 0.6) is 0 Å². The smallest absolute Gasteiger partial charge is 0.355 e. The maximum absolute atomic E-state index is 12.9. The van der Waals surface area contributed by atoms with Gasteiger partial charge in [-0.05, 0) is 36.8 Å². The van der Waals surface area contributed by atoms with E-state index in [2.05, 4.69) is 29.1 Å². The standard InChI is InChI=1S/C14H18F3N5/c1-13(2)6-3-8-21(9-7-13)11-5-4-10-18-19-12(14(15,16)17)22(10)20-11/h4-5H,3,6-9H2,1-2H3. The minimum Gasteiger partial charge on any atom is -0.355 e. The van der Waals surface area contributed by atoms with E-state index >= 15 is 0 Å². The zero-order valence-corrected chi connectivity index (χ0v) is 12.6. The molecule has 120 valence electrons. The fraction of sp³-hybridized carbons (Fsp3) is 0.643. The summed E-state index contributed by atoms with van der Waals surface area (Å²) in [4.78, 5) is 2.04. The van der Waals surface area contributed by atoms with Gasteiger partial charge in [0.1, 0.15) is 5.82 Å². The Balaban J connectivity index is 1.94. The van der Waals surface area contributed by atoms with E-state index < -0.39 is 12.0 Å². The molecule has 0 saturated carbocycles. The third kappa shape index (κ3) is 2.86. The van der Waals surface area contributed by atoms with Crippen molar-refractivity contribution in [3.63, 3.8) is 0 Å². The number of hydrogen-bond acceptors (Lipinski definition) is 4. The van der Waals surface area contributed by atoms with E-state index in [-0.39, 0.29) is 11.1 Å². The van der Waals surface area contributed by atoms with Crippen molar-refractivity contribution in [3.8, 4) is 0 Å². The van der Waals surface area contributed by atoms with Gasteiger partial charge in [0.05, 0.1) is 0 Å². The van der Waals surface area contributed by atoms with E-state index in [1.165, 1.54) is 6.07 Å². The number of alkyl halides is 3. The van der Waals surface area contributed by atoms with Gasteiger partial charge in [0.25, 0.3) is 5.82 Å². The summed E-state index contributed by atoms with van der Waals surface area (Å²) in [6.07, 6.45) is -1.47. The predicted molar refractivity (Wildman–Crippen MR) is 75.6 cm³/mol. The lowest BCUT2D eigenvalue weighted by molar-refractivity contribution is -0.146. The molecule has 0 N–H and O–H groups in total. The molecule has 0 aromatic carbocycles. The zero-order valence-electron chi connectivity index (χ0n) is 12.6. The average Bonchev–Trinajstić information content (AvgIpc) is 2.76. The number of anilines is 1. The van der Waals surface area contributed by atoms with Crippen LogP contribution in [0.3, 0.4) is 0 Å². The summed E-state index contributed by atoms with van der Waals surface area (Å²) in [6.45, 7) is 6.02. The Morgan fingerprint density at radius 1 is 1.09 bits per heavy atom. The van der Waals surface area contributed by atoms with Crippen LogP contribution < -0.4 is 4.90 Å². The second kappa shape index (κ2) is 5.10. The molecule has 1 aliphatic rings. The van der Waals surface area contributed by atoms with E-state index in [0.29, 0.717) is 5.82 Å². The molecule has 2 aromatic rings. The minimum absolute atomic E-state index is 0.103. The van der Waals surface area contributed by atoms with Gasteiger partial charge in [-0.25, -0.2) is 0 Å². The van der Waals surface area contributed by atoms with Gasteiger partial charge in [0.2, 0.25) is 0 Å². The summed E-state index contributed by atoms with van der Waals surface area (Å²) >= 11 is 0. The SMILES string of the molecule is CC1(C)CCCN(c2ccc3nnc(C(F)(F)F)n3n2)CC1. The number of halogens is 3. The highest BCUT2D eigenvalue weighted by Gasteiger charge is 2.37. The van der Waals surface area contributed by atoms with Crippen molar-refractivity contribution in [3.05, 3.63) is 18.0 Å². The van der Waals surface area contributed by atoms with Gasteiger partial charge in [-0.2, -0.15) is 17.7 Å². The maximum Gasteiger partial charge on any atom is 0.453 e. The van der Waals surface area contributed by atoms with E-state index in [0.717, 1.165) is 36.9 Å². The van der Waals surface area contributed by atoms with E-state index in [1.54, 1.807) is 6.07 Å². The van der Waals surface area contributed by atoms with Crippen LogP contribution in [-0.4, -0.2) is 32.9 Å². The Labute approximate surface area is 126 Å². The maximum atomic E-state index is 12.9. The van der Waals surface area contributed by atoms with Crippen LogP contribution in [0.4, 0.5) is 19.0 Å². The van der Waals surface area contributed by atoms with Gasteiger partial charge in [0, 0.05) is 13.1 Å². The number of nitrogens with zero attached hydrogens (tertiary/aromatic N) is 5. The lowest BCUT2D eigenvalue weighted by Gasteiger charge is -2.24.